The summed E-state index contributed by atoms with van der Waals surface area (Å²) >= 11 is 0. The van der Waals surface area contributed by atoms with E-state index in [1.54, 1.807) is 26.2 Å². The van der Waals surface area contributed by atoms with Crippen molar-refractivity contribution in [2.24, 2.45) is 0 Å². The van der Waals surface area contributed by atoms with Gasteiger partial charge in [-0.2, -0.15) is 0 Å². The van der Waals surface area contributed by atoms with Crippen molar-refractivity contribution in [3.8, 4) is 0 Å². The molecule has 0 spiro atoms. The van der Waals surface area contributed by atoms with Crippen LogP contribution in [0, 0.1) is 0 Å². The number of para-hydroxylation sites is 1. The van der Waals surface area contributed by atoms with Gasteiger partial charge < -0.3 is 20.1 Å². The zero-order chi connectivity index (χ0) is 16.4. The number of nitrogens with one attached hydrogen (secondary N) is 2. The number of rotatable bonds is 7. The smallest absolute Gasteiger partial charge is 0.340 e. The van der Waals surface area contributed by atoms with Crippen LogP contribution in [-0.4, -0.2) is 44.7 Å². The summed E-state index contributed by atoms with van der Waals surface area (Å²) in [5, 5.41) is 4.87. The van der Waals surface area contributed by atoms with E-state index in [0.717, 1.165) is 0 Å². The number of benzene rings is 1. The minimum absolute atomic E-state index is 0.199. The molecule has 2 N–H and O–H groups in total. The number of amides is 2. The van der Waals surface area contributed by atoms with E-state index in [9.17, 15) is 14.4 Å². The maximum atomic E-state index is 11.8. The summed E-state index contributed by atoms with van der Waals surface area (Å²) in [6.45, 7) is 2.74. The van der Waals surface area contributed by atoms with Crippen molar-refractivity contribution in [3.63, 3.8) is 0 Å². The predicted molar refractivity (Wildman–Crippen MR) is 80.5 cm³/mol. The van der Waals surface area contributed by atoms with Crippen LogP contribution in [0.15, 0.2) is 24.3 Å². The largest absolute Gasteiger partial charge is 0.462 e. The first-order chi connectivity index (χ1) is 10.6. The van der Waals surface area contributed by atoms with Crippen molar-refractivity contribution in [2.45, 2.75) is 13.3 Å². The Morgan fingerprint density at radius 2 is 1.86 bits per heavy atom. The van der Waals surface area contributed by atoms with E-state index in [4.69, 9.17) is 9.47 Å². The molecule has 22 heavy (non-hydrogen) atoms. The van der Waals surface area contributed by atoms with E-state index >= 15 is 0 Å². The molecular weight excluding hydrogens is 288 g/mol. The number of carbonyl (C=O) groups is 3. The molecule has 0 bridgehead atoms. The highest BCUT2D eigenvalue weighted by molar-refractivity contribution is 6.40. The standard InChI is InChI=1S/C15H20N2O5/c1-3-22-15(20)11-7-4-5-8-12(11)17-14(19)13(18)16-9-6-10-21-2/h4-5,7-8H,3,6,9-10H2,1-2H3,(H,16,18)(H,17,19). The van der Waals surface area contributed by atoms with Crippen molar-refractivity contribution < 1.29 is 23.9 Å². The maximum absolute atomic E-state index is 11.8. The number of hydrogen-bond donors (Lipinski definition) is 2. The van der Waals surface area contributed by atoms with E-state index < -0.39 is 17.8 Å². The summed E-state index contributed by atoms with van der Waals surface area (Å²) in [5.74, 6) is -2.16. The lowest BCUT2D eigenvalue weighted by Gasteiger charge is -2.10. The van der Waals surface area contributed by atoms with Crippen molar-refractivity contribution in [1.82, 2.24) is 5.32 Å². The summed E-state index contributed by atoms with van der Waals surface area (Å²) in [4.78, 5) is 35.2. The minimum atomic E-state index is -0.839. The topological polar surface area (TPSA) is 93.7 Å². The Morgan fingerprint density at radius 1 is 1.14 bits per heavy atom. The number of esters is 1. The summed E-state index contributed by atoms with van der Waals surface area (Å²) in [5.41, 5.74) is 0.433. The zero-order valence-electron chi connectivity index (χ0n) is 12.7. The third-order valence-corrected chi connectivity index (χ3v) is 2.69. The lowest BCUT2D eigenvalue weighted by atomic mass is 10.2. The van der Waals surface area contributed by atoms with E-state index in [1.165, 1.54) is 12.1 Å². The van der Waals surface area contributed by atoms with Crippen LogP contribution in [0.3, 0.4) is 0 Å². The van der Waals surface area contributed by atoms with Crippen molar-refractivity contribution in [1.29, 1.82) is 0 Å². The van der Waals surface area contributed by atoms with Crippen LogP contribution in [0.4, 0.5) is 5.69 Å². The average Bonchev–Trinajstić information content (AvgIpc) is 2.52. The van der Waals surface area contributed by atoms with Gasteiger partial charge in [0.15, 0.2) is 0 Å². The molecule has 7 nitrogen and oxygen atoms in total. The molecule has 0 fully saturated rings. The highest BCUT2D eigenvalue weighted by Crippen LogP contribution is 2.16. The Labute approximate surface area is 129 Å². The molecule has 0 aliphatic heterocycles. The van der Waals surface area contributed by atoms with Crippen molar-refractivity contribution in [2.75, 3.05) is 32.2 Å². The first-order valence-electron chi connectivity index (χ1n) is 6.94. The van der Waals surface area contributed by atoms with Gasteiger partial charge in [0.1, 0.15) is 0 Å². The van der Waals surface area contributed by atoms with E-state index in [-0.39, 0.29) is 17.9 Å². The molecule has 0 saturated carbocycles. The number of hydrogen-bond acceptors (Lipinski definition) is 5. The number of ether oxygens (including phenoxy) is 2. The molecule has 0 unspecified atom stereocenters. The maximum Gasteiger partial charge on any atom is 0.340 e. The average molecular weight is 308 g/mol. The Balaban J connectivity index is 2.64. The summed E-state index contributed by atoms with van der Waals surface area (Å²) in [6, 6.07) is 6.34. The van der Waals surface area contributed by atoms with E-state index in [1.807, 2.05) is 0 Å². The third kappa shape index (κ3) is 5.53. The SMILES string of the molecule is CCOC(=O)c1ccccc1NC(=O)C(=O)NCCCOC. The van der Waals surface area contributed by atoms with Crippen LogP contribution < -0.4 is 10.6 Å². The zero-order valence-corrected chi connectivity index (χ0v) is 12.7. The van der Waals surface area contributed by atoms with Crippen LogP contribution in [0.25, 0.3) is 0 Å². The van der Waals surface area contributed by atoms with Gasteiger partial charge in [0.05, 0.1) is 17.9 Å². The fourth-order valence-corrected chi connectivity index (χ4v) is 1.66. The predicted octanol–water partition coefficient (Wildman–Crippen LogP) is 0.955. The number of carbonyl (C=O) groups excluding carboxylic acids is 3. The second-order valence-corrected chi connectivity index (χ2v) is 4.32. The van der Waals surface area contributed by atoms with Gasteiger partial charge in [-0.3, -0.25) is 9.59 Å². The van der Waals surface area contributed by atoms with Gasteiger partial charge in [0.25, 0.3) is 0 Å². The first-order valence-corrected chi connectivity index (χ1v) is 6.94. The third-order valence-electron chi connectivity index (χ3n) is 2.69. The van der Waals surface area contributed by atoms with Crippen LogP contribution >= 0.6 is 0 Å². The normalized spacial score (nSPS) is 9.91. The number of anilines is 1. The highest BCUT2D eigenvalue weighted by atomic mass is 16.5. The molecule has 0 aliphatic carbocycles. The molecule has 120 valence electrons. The lowest BCUT2D eigenvalue weighted by molar-refractivity contribution is -0.136. The molecule has 0 radical (unpaired) electrons. The monoisotopic (exact) mass is 308 g/mol. The van der Waals surface area contributed by atoms with Gasteiger partial charge in [-0.1, -0.05) is 12.1 Å². The molecule has 0 aliphatic rings. The Kier molecular flexibility index (Phi) is 7.63. The fourth-order valence-electron chi connectivity index (χ4n) is 1.66. The second-order valence-electron chi connectivity index (χ2n) is 4.32. The van der Waals surface area contributed by atoms with Gasteiger partial charge in [0, 0.05) is 20.3 Å². The van der Waals surface area contributed by atoms with Gasteiger partial charge in [-0.25, -0.2) is 4.79 Å². The molecule has 0 aromatic heterocycles. The molecule has 0 saturated heterocycles. The van der Waals surface area contributed by atoms with Crippen molar-refractivity contribution >= 4 is 23.5 Å². The summed E-state index contributed by atoms with van der Waals surface area (Å²) < 4.78 is 9.74. The minimum Gasteiger partial charge on any atom is -0.462 e. The molecular formula is C15H20N2O5. The molecule has 7 heteroatoms. The Bertz CT molecular complexity index is 530. The van der Waals surface area contributed by atoms with E-state index in [2.05, 4.69) is 10.6 Å². The molecule has 0 heterocycles. The van der Waals surface area contributed by atoms with Gasteiger partial charge in [-0.15, -0.1) is 0 Å². The number of methoxy groups -OCH3 is 1. The summed E-state index contributed by atoms with van der Waals surface area (Å²) in [7, 11) is 1.56. The van der Waals surface area contributed by atoms with Crippen LogP contribution in [-0.2, 0) is 19.1 Å². The van der Waals surface area contributed by atoms with E-state index in [0.29, 0.717) is 19.6 Å². The lowest BCUT2D eigenvalue weighted by Crippen LogP contribution is -2.36. The second kappa shape index (κ2) is 9.51. The molecule has 1 aromatic carbocycles. The van der Waals surface area contributed by atoms with Crippen molar-refractivity contribution in [3.05, 3.63) is 29.8 Å². The highest BCUT2D eigenvalue weighted by Gasteiger charge is 2.17. The molecule has 0 atom stereocenters. The molecule has 1 rings (SSSR count). The van der Waals surface area contributed by atoms with Gasteiger partial charge >= 0.3 is 17.8 Å². The first kappa shape index (κ1) is 17.6. The van der Waals surface area contributed by atoms with Crippen LogP contribution in [0.1, 0.15) is 23.7 Å². The Morgan fingerprint density at radius 3 is 2.55 bits per heavy atom. The van der Waals surface area contributed by atoms with Crippen LogP contribution in [0.5, 0.6) is 0 Å². The Hall–Kier alpha value is -2.41. The van der Waals surface area contributed by atoms with Gasteiger partial charge in [0.2, 0.25) is 0 Å². The molecule has 1 aromatic rings. The summed E-state index contributed by atoms with van der Waals surface area (Å²) in [6.07, 6.45) is 0.606. The molecule has 2 amide bonds. The fraction of sp³-hybridized carbons (Fsp3) is 0.400. The quantitative estimate of drug-likeness (QED) is 0.444. The van der Waals surface area contributed by atoms with Crippen LogP contribution in [0.2, 0.25) is 0 Å². The van der Waals surface area contributed by atoms with Gasteiger partial charge in [-0.05, 0) is 25.5 Å².